The molecule has 1 aromatic heterocycles. The largest absolute Gasteiger partial charge is 0.534 e. The number of hydrogen-bond acceptors (Lipinski definition) is 4. The van der Waals surface area contributed by atoms with Crippen LogP contribution in [0.4, 0.5) is 26.3 Å². The highest BCUT2D eigenvalue weighted by molar-refractivity contribution is 7.88. The molecule has 0 atom stereocenters. The fraction of sp³-hybridized carbons (Fsp3) is 0.250. The number of aromatic nitrogens is 1. The number of halogens is 6. The van der Waals surface area contributed by atoms with Crippen molar-refractivity contribution in [1.82, 2.24) is 4.98 Å². The number of alkyl halides is 6. The zero-order chi connectivity index (χ0) is 17.6. The Kier molecular flexibility index (Phi) is 3.95. The van der Waals surface area contributed by atoms with Crippen LogP contribution in [0.15, 0.2) is 24.3 Å². The molecule has 0 bridgehead atoms. The minimum absolute atomic E-state index is 0.116. The molecule has 4 nitrogen and oxygen atoms in total. The third-order valence-electron chi connectivity index (χ3n) is 2.70. The number of nitrogens with zero attached hydrogens (tertiary/aromatic N) is 1. The molecular weight excluding hydrogens is 352 g/mol. The minimum Gasteiger partial charge on any atom is -0.375 e. The lowest BCUT2D eigenvalue weighted by molar-refractivity contribution is -0.141. The Labute approximate surface area is 125 Å². The average Bonchev–Trinajstić information content (AvgIpc) is 2.36. The number of aryl methyl sites for hydroxylation is 1. The highest BCUT2D eigenvalue weighted by Crippen LogP contribution is 2.36. The van der Waals surface area contributed by atoms with E-state index in [0.717, 1.165) is 6.07 Å². The second-order valence-electron chi connectivity index (χ2n) is 4.51. The third-order valence-corrected chi connectivity index (χ3v) is 3.67. The number of fused-ring (bicyclic) bond motifs is 1. The van der Waals surface area contributed by atoms with E-state index in [1.807, 2.05) is 0 Å². The molecule has 0 saturated carbocycles. The predicted molar refractivity (Wildman–Crippen MR) is 67.1 cm³/mol. The molecule has 0 fully saturated rings. The van der Waals surface area contributed by atoms with Crippen molar-refractivity contribution in [2.45, 2.75) is 18.6 Å². The zero-order valence-corrected chi connectivity index (χ0v) is 12.0. The molecule has 1 aromatic carbocycles. The van der Waals surface area contributed by atoms with Gasteiger partial charge in [0.2, 0.25) is 0 Å². The van der Waals surface area contributed by atoms with Gasteiger partial charge in [0.05, 0.1) is 5.52 Å². The van der Waals surface area contributed by atoms with Gasteiger partial charge in [-0.2, -0.15) is 34.8 Å². The standard InChI is InChI=1S/C12H7F6NO3S/c1-6-2-3-8-7(4-6)9(5-10(19-8)11(13,14)15)22-23(20,21)12(16,17)18/h2-5H,1H3. The first-order chi connectivity index (χ1) is 10.3. The summed E-state index contributed by atoms with van der Waals surface area (Å²) in [5.41, 5.74) is -7.22. The normalized spacial score (nSPS) is 13.3. The van der Waals surface area contributed by atoms with E-state index < -0.39 is 33.2 Å². The summed E-state index contributed by atoms with van der Waals surface area (Å²) >= 11 is 0. The second-order valence-corrected chi connectivity index (χ2v) is 6.05. The Morgan fingerprint density at radius 1 is 1.04 bits per heavy atom. The molecule has 2 rings (SSSR count). The van der Waals surface area contributed by atoms with Crippen LogP contribution in [0.25, 0.3) is 10.9 Å². The van der Waals surface area contributed by atoms with Gasteiger partial charge < -0.3 is 4.18 Å². The molecule has 0 radical (unpaired) electrons. The van der Waals surface area contributed by atoms with Gasteiger partial charge in [0.1, 0.15) is 5.69 Å². The lowest BCUT2D eigenvalue weighted by atomic mass is 10.1. The second kappa shape index (κ2) is 5.25. The van der Waals surface area contributed by atoms with E-state index >= 15 is 0 Å². The Bertz CT molecular complexity index is 857. The Morgan fingerprint density at radius 2 is 1.65 bits per heavy atom. The predicted octanol–water partition coefficient (Wildman–Crippen LogP) is 3.79. The van der Waals surface area contributed by atoms with E-state index in [-0.39, 0.29) is 17.0 Å². The van der Waals surface area contributed by atoms with E-state index in [2.05, 4.69) is 9.17 Å². The summed E-state index contributed by atoms with van der Waals surface area (Å²) in [6, 6.07) is 3.78. The van der Waals surface area contributed by atoms with E-state index in [1.165, 1.54) is 19.1 Å². The van der Waals surface area contributed by atoms with Gasteiger partial charge in [-0.1, -0.05) is 11.6 Å². The van der Waals surface area contributed by atoms with Crippen LogP contribution in [0.3, 0.4) is 0 Å². The summed E-state index contributed by atoms with van der Waals surface area (Å²) in [4.78, 5) is 3.26. The minimum atomic E-state index is -6.11. The quantitative estimate of drug-likeness (QED) is 0.465. The summed E-state index contributed by atoms with van der Waals surface area (Å²) < 4.78 is 101. The number of pyridine rings is 1. The first kappa shape index (κ1) is 17.3. The molecule has 0 aliphatic rings. The molecule has 1 heterocycles. The third kappa shape index (κ3) is 3.49. The fourth-order valence-electron chi connectivity index (χ4n) is 1.69. The first-order valence-corrected chi connectivity index (χ1v) is 7.21. The highest BCUT2D eigenvalue weighted by atomic mass is 32.2. The van der Waals surface area contributed by atoms with Gasteiger partial charge >= 0.3 is 21.8 Å². The summed E-state index contributed by atoms with van der Waals surface area (Å²) in [5, 5.41) is -0.286. The van der Waals surface area contributed by atoms with Crippen molar-refractivity contribution in [2.24, 2.45) is 0 Å². The lowest BCUT2D eigenvalue weighted by Crippen LogP contribution is -2.28. The van der Waals surface area contributed by atoms with Crippen LogP contribution in [0.5, 0.6) is 5.75 Å². The molecule has 2 aromatic rings. The Balaban J connectivity index is 2.72. The molecule has 0 spiro atoms. The van der Waals surface area contributed by atoms with Crippen LogP contribution >= 0.6 is 0 Å². The molecule has 0 N–H and O–H groups in total. The highest BCUT2D eigenvalue weighted by Gasteiger charge is 2.49. The van der Waals surface area contributed by atoms with Gasteiger partial charge in [0, 0.05) is 11.5 Å². The van der Waals surface area contributed by atoms with Gasteiger partial charge in [-0.05, 0) is 19.1 Å². The van der Waals surface area contributed by atoms with Crippen molar-refractivity contribution in [3.63, 3.8) is 0 Å². The van der Waals surface area contributed by atoms with Gasteiger partial charge in [-0.15, -0.1) is 0 Å². The average molecular weight is 359 g/mol. The van der Waals surface area contributed by atoms with Gasteiger partial charge in [0.25, 0.3) is 0 Å². The maximum atomic E-state index is 12.8. The van der Waals surface area contributed by atoms with Gasteiger partial charge in [0.15, 0.2) is 5.75 Å². The first-order valence-electron chi connectivity index (χ1n) is 5.80. The van der Waals surface area contributed by atoms with E-state index in [9.17, 15) is 34.8 Å². The Morgan fingerprint density at radius 3 is 2.17 bits per heavy atom. The van der Waals surface area contributed by atoms with Crippen molar-refractivity contribution < 1.29 is 38.9 Å². The molecule has 0 aliphatic heterocycles. The summed E-state index contributed by atoms with van der Waals surface area (Å²) in [7, 11) is -6.11. The van der Waals surface area contributed by atoms with E-state index in [1.54, 1.807) is 0 Å². The zero-order valence-electron chi connectivity index (χ0n) is 11.2. The van der Waals surface area contributed by atoms with Crippen molar-refractivity contribution in [2.75, 3.05) is 0 Å². The lowest BCUT2D eigenvalue weighted by Gasteiger charge is -2.14. The summed E-state index contributed by atoms with van der Waals surface area (Å²) in [6.45, 7) is 1.51. The molecule has 126 valence electrons. The van der Waals surface area contributed by atoms with Crippen molar-refractivity contribution >= 4 is 21.0 Å². The van der Waals surface area contributed by atoms with Crippen LogP contribution in [0, 0.1) is 6.92 Å². The maximum Gasteiger partial charge on any atom is 0.534 e. The van der Waals surface area contributed by atoms with E-state index in [4.69, 9.17) is 0 Å². The van der Waals surface area contributed by atoms with Crippen LogP contribution in [0.1, 0.15) is 11.3 Å². The summed E-state index contributed by atoms with van der Waals surface area (Å²) in [5.74, 6) is -1.09. The van der Waals surface area contributed by atoms with Crippen molar-refractivity contribution in [3.05, 3.63) is 35.5 Å². The fourth-order valence-corrected chi connectivity index (χ4v) is 2.16. The molecular formula is C12H7F6NO3S. The molecule has 0 amide bonds. The molecule has 0 aliphatic carbocycles. The van der Waals surface area contributed by atoms with Gasteiger partial charge in [-0.25, -0.2) is 4.98 Å². The Hall–Kier alpha value is -2.04. The SMILES string of the molecule is Cc1ccc2nc(C(F)(F)F)cc(OS(=O)(=O)C(F)(F)F)c2c1. The number of benzene rings is 1. The van der Waals surface area contributed by atoms with Crippen molar-refractivity contribution in [3.8, 4) is 5.75 Å². The molecule has 0 unspecified atom stereocenters. The van der Waals surface area contributed by atoms with Crippen LogP contribution in [-0.4, -0.2) is 18.9 Å². The summed E-state index contributed by atoms with van der Waals surface area (Å²) in [6.07, 6.45) is -4.99. The topological polar surface area (TPSA) is 56.3 Å². The number of hydrogen-bond donors (Lipinski definition) is 0. The van der Waals surface area contributed by atoms with Gasteiger partial charge in [-0.3, -0.25) is 0 Å². The monoisotopic (exact) mass is 359 g/mol. The maximum absolute atomic E-state index is 12.8. The number of rotatable bonds is 2. The smallest absolute Gasteiger partial charge is 0.375 e. The van der Waals surface area contributed by atoms with E-state index in [0.29, 0.717) is 5.56 Å². The van der Waals surface area contributed by atoms with Crippen LogP contribution < -0.4 is 4.18 Å². The van der Waals surface area contributed by atoms with Crippen LogP contribution in [0.2, 0.25) is 0 Å². The van der Waals surface area contributed by atoms with Crippen molar-refractivity contribution in [1.29, 1.82) is 0 Å². The van der Waals surface area contributed by atoms with Crippen LogP contribution in [-0.2, 0) is 16.3 Å². The molecule has 0 saturated heterocycles. The molecule has 23 heavy (non-hydrogen) atoms. The molecule has 11 heteroatoms.